The van der Waals surface area contributed by atoms with Crippen LogP contribution in [0.3, 0.4) is 0 Å². The molecule has 21 heavy (non-hydrogen) atoms. The van der Waals surface area contributed by atoms with Gasteiger partial charge in [0, 0.05) is 0 Å². The quantitative estimate of drug-likeness (QED) is 0.721. The Morgan fingerprint density at radius 2 is 1.67 bits per heavy atom. The number of para-hydroxylation sites is 2. The molecule has 2 aromatic rings. The lowest BCUT2D eigenvalue weighted by Crippen LogP contribution is -2.33. The Bertz CT molecular complexity index is 643. The van der Waals surface area contributed by atoms with E-state index in [0.717, 1.165) is 11.5 Å². The minimum Gasteiger partial charge on any atom is -0.486 e. The van der Waals surface area contributed by atoms with Gasteiger partial charge < -0.3 is 9.47 Å². The molecule has 2 nitrogen and oxygen atoms in total. The molecule has 0 N–H and O–H groups in total. The van der Waals surface area contributed by atoms with Gasteiger partial charge in [0.2, 0.25) is 0 Å². The van der Waals surface area contributed by atoms with Crippen LogP contribution < -0.4 is 9.47 Å². The molecule has 3 rings (SSSR count). The van der Waals surface area contributed by atoms with E-state index in [4.69, 9.17) is 9.47 Å². The fraction of sp³-hybridized carbons (Fsp3) is 0.333. The number of hydrogen-bond donors (Lipinski definition) is 0. The van der Waals surface area contributed by atoms with E-state index in [1.54, 1.807) is 0 Å². The molecule has 0 aliphatic carbocycles. The molecule has 2 aromatic carbocycles. The van der Waals surface area contributed by atoms with Crippen LogP contribution in [0.2, 0.25) is 0 Å². The zero-order chi connectivity index (χ0) is 15.0. The van der Waals surface area contributed by atoms with Crippen LogP contribution in [0.25, 0.3) is 0 Å². The molecule has 2 unspecified atom stereocenters. The molecule has 0 aromatic heterocycles. The van der Waals surface area contributed by atoms with E-state index in [9.17, 15) is 0 Å². The first-order chi connectivity index (χ1) is 10.1. The predicted octanol–water partition coefficient (Wildman–Crippen LogP) is 4.89. The van der Waals surface area contributed by atoms with Gasteiger partial charge in [0.25, 0.3) is 0 Å². The Hall–Kier alpha value is -1.48. The van der Waals surface area contributed by atoms with Gasteiger partial charge in [0.05, 0.1) is 4.83 Å². The van der Waals surface area contributed by atoms with Crippen molar-refractivity contribution in [2.45, 2.75) is 31.7 Å². The van der Waals surface area contributed by atoms with Crippen molar-refractivity contribution in [1.82, 2.24) is 0 Å². The van der Waals surface area contributed by atoms with Crippen molar-refractivity contribution in [3.8, 4) is 11.5 Å². The summed E-state index contributed by atoms with van der Waals surface area (Å²) in [5, 5.41) is 0. The number of rotatable bonds is 2. The van der Waals surface area contributed by atoms with Gasteiger partial charge in [-0.3, -0.25) is 0 Å². The van der Waals surface area contributed by atoms with Crippen LogP contribution >= 0.6 is 15.9 Å². The monoisotopic (exact) mass is 346 g/mol. The third kappa shape index (κ3) is 2.80. The van der Waals surface area contributed by atoms with Gasteiger partial charge in [-0.25, -0.2) is 0 Å². The highest BCUT2D eigenvalue weighted by Gasteiger charge is 2.30. The lowest BCUT2D eigenvalue weighted by Gasteiger charge is -2.31. The number of alkyl halides is 1. The van der Waals surface area contributed by atoms with E-state index in [1.165, 1.54) is 22.3 Å². The highest BCUT2D eigenvalue weighted by molar-refractivity contribution is 9.09. The second kappa shape index (κ2) is 5.72. The summed E-state index contributed by atoms with van der Waals surface area (Å²) in [6, 6.07) is 12.3. The molecule has 1 aliphatic heterocycles. The maximum absolute atomic E-state index is 6.12. The lowest BCUT2D eigenvalue weighted by molar-refractivity contribution is 0.0902. The summed E-state index contributed by atoms with van der Waals surface area (Å²) < 4.78 is 11.9. The smallest absolute Gasteiger partial charge is 0.161 e. The van der Waals surface area contributed by atoms with Gasteiger partial charge in [-0.1, -0.05) is 45.8 Å². The van der Waals surface area contributed by atoms with Crippen molar-refractivity contribution in [1.29, 1.82) is 0 Å². The molecular weight excluding hydrogens is 328 g/mol. The van der Waals surface area contributed by atoms with Crippen molar-refractivity contribution in [2.75, 3.05) is 6.61 Å². The van der Waals surface area contributed by atoms with Gasteiger partial charge in [-0.05, 0) is 49.6 Å². The van der Waals surface area contributed by atoms with Gasteiger partial charge in [0.1, 0.15) is 12.7 Å². The van der Waals surface area contributed by atoms with Crippen molar-refractivity contribution >= 4 is 15.9 Å². The van der Waals surface area contributed by atoms with Gasteiger partial charge in [0.15, 0.2) is 11.5 Å². The third-order valence-corrected chi connectivity index (χ3v) is 4.92. The van der Waals surface area contributed by atoms with Crippen LogP contribution in [-0.2, 0) is 0 Å². The SMILES string of the molecule is Cc1cc(C)c(C(Br)C2COc3ccccc3O2)c(C)c1. The Morgan fingerprint density at radius 1 is 1.05 bits per heavy atom. The summed E-state index contributed by atoms with van der Waals surface area (Å²) in [7, 11) is 0. The number of aryl methyl sites for hydroxylation is 3. The van der Waals surface area contributed by atoms with Gasteiger partial charge in [-0.15, -0.1) is 0 Å². The molecule has 1 heterocycles. The summed E-state index contributed by atoms with van der Waals surface area (Å²) in [4.78, 5) is 0.117. The first kappa shape index (κ1) is 14.5. The zero-order valence-corrected chi connectivity index (χ0v) is 14.1. The van der Waals surface area contributed by atoms with Crippen LogP contribution in [0.1, 0.15) is 27.1 Å². The van der Waals surface area contributed by atoms with Gasteiger partial charge in [-0.2, -0.15) is 0 Å². The number of halogens is 1. The summed E-state index contributed by atoms with van der Waals surface area (Å²) in [5.41, 5.74) is 5.17. The first-order valence-electron chi connectivity index (χ1n) is 7.16. The topological polar surface area (TPSA) is 18.5 Å². The summed E-state index contributed by atoms with van der Waals surface area (Å²) in [6.45, 7) is 6.99. The van der Waals surface area contributed by atoms with E-state index in [1.807, 2.05) is 24.3 Å². The summed E-state index contributed by atoms with van der Waals surface area (Å²) in [6.07, 6.45) is -0.0278. The van der Waals surface area contributed by atoms with Crippen LogP contribution in [0, 0.1) is 20.8 Å². The molecule has 3 heteroatoms. The van der Waals surface area contributed by atoms with Crippen LogP contribution in [-0.4, -0.2) is 12.7 Å². The van der Waals surface area contributed by atoms with Crippen molar-refractivity contribution in [3.05, 3.63) is 58.7 Å². The zero-order valence-electron chi connectivity index (χ0n) is 12.5. The fourth-order valence-electron chi connectivity index (χ4n) is 2.99. The summed E-state index contributed by atoms with van der Waals surface area (Å²) >= 11 is 3.82. The van der Waals surface area contributed by atoms with E-state index >= 15 is 0 Å². The Labute approximate surface area is 134 Å². The highest BCUT2D eigenvalue weighted by Crippen LogP contribution is 2.39. The number of benzene rings is 2. The van der Waals surface area contributed by atoms with Crippen molar-refractivity contribution in [3.63, 3.8) is 0 Å². The second-order valence-electron chi connectivity index (χ2n) is 5.63. The van der Waals surface area contributed by atoms with E-state index in [2.05, 4.69) is 48.8 Å². The standard InChI is InChI=1S/C18H19BrO2/c1-11-8-12(2)17(13(3)9-11)18(19)16-10-20-14-6-4-5-7-15(14)21-16/h4-9,16,18H,10H2,1-3H3. The number of hydrogen-bond acceptors (Lipinski definition) is 2. The molecule has 1 aliphatic rings. The normalized spacial score (nSPS) is 18.4. The Morgan fingerprint density at radius 3 is 2.33 bits per heavy atom. The molecule has 0 radical (unpaired) electrons. The van der Waals surface area contributed by atoms with E-state index < -0.39 is 0 Å². The minimum absolute atomic E-state index is 0.0278. The molecular formula is C18H19BrO2. The van der Waals surface area contributed by atoms with Crippen molar-refractivity contribution < 1.29 is 9.47 Å². The molecule has 2 atom stereocenters. The molecule has 110 valence electrons. The Balaban J connectivity index is 1.89. The maximum atomic E-state index is 6.12. The highest BCUT2D eigenvalue weighted by atomic mass is 79.9. The average Bonchev–Trinajstić information content (AvgIpc) is 2.45. The largest absolute Gasteiger partial charge is 0.486 e. The second-order valence-corrected chi connectivity index (χ2v) is 6.61. The predicted molar refractivity (Wildman–Crippen MR) is 88.7 cm³/mol. The maximum Gasteiger partial charge on any atom is 0.161 e. The molecule has 0 saturated heterocycles. The fourth-order valence-corrected chi connectivity index (χ4v) is 3.97. The molecule has 0 spiro atoms. The lowest BCUT2D eigenvalue weighted by atomic mass is 9.95. The number of fused-ring (bicyclic) bond motifs is 1. The van der Waals surface area contributed by atoms with E-state index in [-0.39, 0.29) is 10.9 Å². The molecule has 0 amide bonds. The van der Waals surface area contributed by atoms with Crippen molar-refractivity contribution in [2.24, 2.45) is 0 Å². The average molecular weight is 347 g/mol. The van der Waals surface area contributed by atoms with Gasteiger partial charge >= 0.3 is 0 Å². The first-order valence-corrected chi connectivity index (χ1v) is 8.08. The van der Waals surface area contributed by atoms with E-state index in [0.29, 0.717) is 6.61 Å². The Kier molecular flexibility index (Phi) is 3.94. The van der Waals surface area contributed by atoms with Crippen LogP contribution in [0.15, 0.2) is 36.4 Å². The summed E-state index contributed by atoms with van der Waals surface area (Å²) in [5.74, 6) is 1.64. The number of ether oxygens (including phenoxy) is 2. The molecule has 0 fully saturated rings. The van der Waals surface area contributed by atoms with Crippen LogP contribution in [0.5, 0.6) is 11.5 Å². The van der Waals surface area contributed by atoms with Crippen LogP contribution in [0.4, 0.5) is 0 Å². The molecule has 0 saturated carbocycles. The minimum atomic E-state index is -0.0278. The molecule has 0 bridgehead atoms. The third-order valence-electron chi connectivity index (χ3n) is 3.87.